The highest BCUT2D eigenvalue weighted by molar-refractivity contribution is 6.32. The minimum absolute atomic E-state index is 0.209. The molecule has 0 saturated heterocycles. The predicted octanol–water partition coefficient (Wildman–Crippen LogP) is 2.42. The molecule has 0 aliphatic heterocycles. The summed E-state index contributed by atoms with van der Waals surface area (Å²) in [7, 11) is 1.58. The number of nitrogens with one attached hydrogen (secondary N) is 1. The summed E-state index contributed by atoms with van der Waals surface area (Å²) in [4.78, 5) is 11.5. The van der Waals surface area contributed by atoms with Gasteiger partial charge in [-0.15, -0.1) is 0 Å². The molecule has 5 heteroatoms. The van der Waals surface area contributed by atoms with E-state index in [4.69, 9.17) is 11.6 Å². The van der Waals surface area contributed by atoms with E-state index in [1.165, 1.54) is 4.68 Å². The summed E-state index contributed by atoms with van der Waals surface area (Å²) in [6.45, 7) is 4.23. The highest BCUT2D eigenvalue weighted by atomic mass is 35.5. The Morgan fingerprint density at radius 1 is 1.62 bits per heavy atom. The van der Waals surface area contributed by atoms with Gasteiger partial charge in [0, 0.05) is 13.1 Å². The number of nitrogens with zero attached hydrogens (tertiary/aromatic N) is 2. The zero-order chi connectivity index (χ0) is 12.1. The van der Waals surface area contributed by atoms with Crippen molar-refractivity contribution in [2.75, 3.05) is 5.32 Å². The summed E-state index contributed by atoms with van der Waals surface area (Å²) >= 11 is 5.94. The van der Waals surface area contributed by atoms with Crippen LogP contribution in [0.2, 0.25) is 5.02 Å². The molecule has 0 amide bonds. The van der Waals surface area contributed by atoms with Crippen molar-refractivity contribution >= 4 is 17.3 Å². The van der Waals surface area contributed by atoms with E-state index in [2.05, 4.69) is 24.3 Å². The molecule has 16 heavy (non-hydrogen) atoms. The second-order valence-corrected chi connectivity index (χ2v) is 4.37. The zero-order valence-electron chi connectivity index (χ0n) is 9.96. The lowest BCUT2D eigenvalue weighted by Gasteiger charge is -2.15. The van der Waals surface area contributed by atoms with Crippen LogP contribution in [0.25, 0.3) is 0 Å². The average Bonchev–Trinajstić information content (AvgIpc) is 2.27. The van der Waals surface area contributed by atoms with Crippen LogP contribution in [0.3, 0.4) is 0 Å². The molecular formula is C11H18ClN3O. The maximum absolute atomic E-state index is 11.5. The molecule has 1 unspecified atom stereocenters. The van der Waals surface area contributed by atoms with Crippen LogP contribution in [0, 0.1) is 0 Å². The van der Waals surface area contributed by atoms with Crippen LogP contribution in [0.4, 0.5) is 5.69 Å². The van der Waals surface area contributed by atoms with Gasteiger partial charge in [-0.1, -0.05) is 31.4 Å². The first-order valence-corrected chi connectivity index (χ1v) is 5.92. The van der Waals surface area contributed by atoms with E-state index < -0.39 is 0 Å². The van der Waals surface area contributed by atoms with Gasteiger partial charge in [0.2, 0.25) is 0 Å². The van der Waals surface area contributed by atoms with Crippen molar-refractivity contribution in [1.29, 1.82) is 0 Å². The Hall–Kier alpha value is -1.03. The van der Waals surface area contributed by atoms with Gasteiger partial charge in [-0.3, -0.25) is 4.79 Å². The molecule has 0 bridgehead atoms. The molecule has 1 rings (SSSR count). The molecule has 0 spiro atoms. The highest BCUT2D eigenvalue weighted by Gasteiger charge is 2.09. The number of rotatable bonds is 5. The number of halogens is 1. The normalized spacial score (nSPS) is 12.5. The lowest BCUT2D eigenvalue weighted by Crippen LogP contribution is -2.23. The molecule has 0 radical (unpaired) electrons. The number of aryl methyl sites for hydroxylation is 1. The molecule has 0 aliphatic carbocycles. The first kappa shape index (κ1) is 13.0. The van der Waals surface area contributed by atoms with Crippen LogP contribution in [0.15, 0.2) is 11.0 Å². The Bertz CT molecular complexity index is 403. The van der Waals surface area contributed by atoms with Gasteiger partial charge >= 0.3 is 0 Å². The fraction of sp³-hybridized carbons (Fsp3) is 0.636. The third-order valence-electron chi connectivity index (χ3n) is 2.47. The van der Waals surface area contributed by atoms with E-state index in [0.29, 0.717) is 11.7 Å². The van der Waals surface area contributed by atoms with E-state index in [1.54, 1.807) is 13.2 Å². The quantitative estimate of drug-likeness (QED) is 0.864. The summed E-state index contributed by atoms with van der Waals surface area (Å²) in [6.07, 6.45) is 4.97. The van der Waals surface area contributed by atoms with Gasteiger partial charge in [0.25, 0.3) is 5.56 Å². The molecule has 0 fully saturated rings. The third-order valence-corrected chi connectivity index (χ3v) is 2.84. The van der Waals surface area contributed by atoms with E-state index in [9.17, 15) is 4.79 Å². The maximum atomic E-state index is 11.5. The number of aromatic nitrogens is 2. The van der Waals surface area contributed by atoms with E-state index >= 15 is 0 Å². The van der Waals surface area contributed by atoms with Crippen molar-refractivity contribution < 1.29 is 0 Å². The minimum Gasteiger partial charge on any atom is -0.380 e. The van der Waals surface area contributed by atoms with Gasteiger partial charge in [-0.05, 0) is 13.3 Å². The van der Waals surface area contributed by atoms with Gasteiger partial charge in [0.1, 0.15) is 5.02 Å². The SMILES string of the molecule is CCCCC(C)Nc1cnn(C)c(=O)c1Cl. The molecule has 1 aromatic heterocycles. The van der Waals surface area contributed by atoms with E-state index in [1.807, 2.05) is 0 Å². The second kappa shape index (κ2) is 5.89. The van der Waals surface area contributed by atoms with Crippen LogP contribution in [0.5, 0.6) is 0 Å². The first-order valence-electron chi connectivity index (χ1n) is 5.54. The summed E-state index contributed by atoms with van der Waals surface area (Å²) < 4.78 is 1.23. The van der Waals surface area contributed by atoms with Gasteiger partial charge < -0.3 is 5.32 Å². The lowest BCUT2D eigenvalue weighted by atomic mass is 10.1. The summed E-state index contributed by atoms with van der Waals surface area (Å²) in [5.41, 5.74) is 0.350. The van der Waals surface area contributed by atoms with Gasteiger partial charge in [-0.2, -0.15) is 5.10 Å². The van der Waals surface area contributed by atoms with Gasteiger partial charge in [0.05, 0.1) is 11.9 Å². The van der Waals surface area contributed by atoms with Crippen molar-refractivity contribution in [3.05, 3.63) is 21.6 Å². The van der Waals surface area contributed by atoms with Crippen LogP contribution in [-0.4, -0.2) is 15.8 Å². The zero-order valence-corrected chi connectivity index (χ0v) is 10.7. The lowest BCUT2D eigenvalue weighted by molar-refractivity contribution is 0.642. The fourth-order valence-electron chi connectivity index (χ4n) is 1.46. The monoisotopic (exact) mass is 243 g/mol. The molecule has 0 aliphatic rings. The second-order valence-electron chi connectivity index (χ2n) is 3.99. The van der Waals surface area contributed by atoms with Crippen LogP contribution < -0.4 is 10.9 Å². The molecule has 0 aromatic carbocycles. The van der Waals surface area contributed by atoms with Crippen molar-refractivity contribution in [3.63, 3.8) is 0 Å². The molecule has 1 atom stereocenters. The number of anilines is 1. The highest BCUT2D eigenvalue weighted by Crippen LogP contribution is 2.17. The Kier molecular flexibility index (Phi) is 4.80. The fourth-order valence-corrected chi connectivity index (χ4v) is 1.68. The topological polar surface area (TPSA) is 46.9 Å². The number of hydrogen-bond acceptors (Lipinski definition) is 3. The smallest absolute Gasteiger partial charge is 0.287 e. The van der Waals surface area contributed by atoms with Gasteiger partial charge in [-0.25, -0.2) is 4.68 Å². The van der Waals surface area contributed by atoms with Gasteiger partial charge in [0.15, 0.2) is 0 Å². The molecular weight excluding hydrogens is 226 g/mol. The molecule has 1 N–H and O–H groups in total. The van der Waals surface area contributed by atoms with Crippen molar-refractivity contribution in [1.82, 2.24) is 9.78 Å². The first-order chi connectivity index (χ1) is 7.56. The molecule has 1 aromatic rings. The van der Waals surface area contributed by atoms with Crippen molar-refractivity contribution in [2.45, 2.75) is 39.2 Å². The number of hydrogen-bond donors (Lipinski definition) is 1. The maximum Gasteiger partial charge on any atom is 0.287 e. The Morgan fingerprint density at radius 2 is 2.31 bits per heavy atom. The third kappa shape index (κ3) is 3.23. The molecule has 1 heterocycles. The van der Waals surface area contributed by atoms with Crippen molar-refractivity contribution in [2.24, 2.45) is 7.05 Å². The summed E-state index contributed by atoms with van der Waals surface area (Å²) in [5, 5.41) is 7.34. The van der Waals surface area contributed by atoms with E-state index in [-0.39, 0.29) is 10.6 Å². The van der Waals surface area contributed by atoms with Crippen LogP contribution in [0.1, 0.15) is 33.1 Å². The largest absolute Gasteiger partial charge is 0.380 e. The summed E-state index contributed by atoms with van der Waals surface area (Å²) in [5.74, 6) is 0. The predicted molar refractivity (Wildman–Crippen MR) is 67.1 cm³/mol. The molecule has 4 nitrogen and oxygen atoms in total. The standard InChI is InChI=1S/C11H18ClN3O/c1-4-5-6-8(2)14-9-7-13-15(3)11(16)10(9)12/h7-8,14H,4-6H2,1-3H3. The van der Waals surface area contributed by atoms with Crippen molar-refractivity contribution in [3.8, 4) is 0 Å². The summed E-state index contributed by atoms with van der Waals surface area (Å²) in [6, 6.07) is 0.298. The van der Waals surface area contributed by atoms with Crippen LogP contribution in [-0.2, 0) is 7.05 Å². The Balaban J connectivity index is 2.74. The molecule has 90 valence electrons. The number of unbranched alkanes of at least 4 members (excludes halogenated alkanes) is 1. The Labute approximate surface area is 101 Å². The average molecular weight is 244 g/mol. The minimum atomic E-state index is -0.269. The molecule has 0 saturated carbocycles. The van der Waals surface area contributed by atoms with Crippen LogP contribution >= 0.6 is 11.6 Å². The van der Waals surface area contributed by atoms with E-state index in [0.717, 1.165) is 19.3 Å². The Morgan fingerprint density at radius 3 is 2.94 bits per heavy atom.